The molecule has 0 amide bonds. The van der Waals surface area contributed by atoms with Crippen LogP contribution in [0.2, 0.25) is 0 Å². The van der Waals surface area contributed by atoms with Crippen LogP contribution in [0.1, 0.15) is 42.3 Å². The molecule has 146 valence electrons. The zero-order chi connectivity index (χ0) is 19.8. The molecule has 0 radical (unpaired) electrons. The van der Waals surface area contributed by atoms with E-state index in [1.54, 1.807) is 12.1 Å². The van der Waals surface area contributed by atoms with Gasteiger partial charge in [0.05, 0.1) is 23.9 Å². The topological polar surface area (TPSA) is 34.1 Å². The Bertz CT molecular complexity index is 1060. The van der Waals surface area contributed by atoms with Crippen molar-refractivity contribution in [1.29, 1.82) is 0 Å². The average Bonchev–Trinajstić information content (AvgIpc) is 3.20. The second-order valence-electron chi connectivity index (χ2n) is 7.13. The van der Waals surface area contributed by atoms with Crippen molar-refractivity contribution in [3.05, 3.63) is 95.3 Å². The van der Waals surface area contributed by atoms with Gasteiger partial charge in [-0.05, 0) is 42.8 Å². The van der Waals surface area contributed by atoms with Gasteiger partial charge in [0.1, 0.15) is 17.3 Å². The van der Waals surface area contributed by atoms with Crippen molar-refractivity contribution in [2.45, 2.75) is 25.6 Å². The third-order valence-corrected chi connectivity index (χ3v) is 5.36. The second kappa shape index (κ2) is 7.24. The fourth-order valence-corrected chi connectivity index (χ4v) is 4.03. The summed E-state index contributed by atoms with van der Waals surface area (Å²) in [7, 11) is 0. The number of hydrogen-bond donors (Lipinski definition) is 0. The summed E-state index contributed by atoms with van der Waals surface area (Å²) in [4.78, 5) is 0. The van der Waals surface area contributed by atoms with Gasteiger partial charge in [-0.2, -0.15) is 5.10 Å². The van der Waals surface area contributed by atoms with Crippen molar-refractivity contribution in [3.8, 4) is 11.5 Å². The van der Waals surface area contributed by atoms with Gasteiger partial charge in [0.15, 0.2) is 0 Å². The Labute approximate surface area is 169 Å². The van der Waals surface area contributed by atoms with E-state index in [1.165, 1.54) is 12.1 Å². The van der Waals surface area contributed by atoms with Crippen molar-refractivity contribution in [1.82, 2.24) is 5.01 Å². The van der Waals surface area contributed by atoms with Gasteiger partial charge in [-0.1, -0.05) is 42.5 Å². The van der Waals surface area contributed by atoms with E-state index in [1.807, 2.05) is 54.4 Å². The normalized spacial score (nSPS) is 19.8. The zero-order valence-corrected chi connectivity index (χ0v) is 16.1. The molecule has 5 rings (SSSR count). The van der Waals surface area contributed by atoms with Crippen LogP contribution in [0.5, 0.6) is 11.5 Å². The minimum atomic E-state index is -0.393. The third kappa shape index (κ3) is 3.12. The summed E-state index contributed by atoms with van der Waals surface area (Å²) in [6, 6.07) is 22.6. The molecule has 0 aliphatic carbocycles. The highest BCUT2D eigenvalue weighted by Crippen LogP contribution is 2.48. The van der Waals surface area contributed by atoms with Crippen molar-refractivity contribution in [3.63, 3.8) is 0 Å². The summed E-state index contributed by atoms with van der Waals surface area (Å²) in [6.07, 6.45) is 0.342. The Kier molecular flexibility index (Phi) is 4.43. The smallest absolute Gasteiger partial charge is 0.217 e. The highest BCUT2D eigenvalue weighted by molar-refractivity contribution is 6.01. The van der Waals surface area contributed by atoms with Crippen molar-refractivity contribution >= 4 is 5.71 Å². The van der Waals surface area contributed by atoms with Crippen molar-refractivity contribution in [2.24, 2.45) is 5.10 Å². The maximum Gasteiger partial charge on any atom is 0.217 e. The first-order chi connectivity index (χ1) is 14.2. The molecular formula is C24H21FN2O2. The first-order valence-corrected chi connectivity index (χ1v) is 9.83. The van der Waals surface area contributed by atoms with E-state index in [9.17, 15) is 4.39 Å². The number of benzene rings is 3. The largest absolute Gasteiger partial charge is 0.493 e. The zero-order valence-electron chi connectivity index (χ0n) is 16.1. The molecule has 3 aromatic carbocycles. The molecule has 0 unspecified atom stereocenters. The van der Waals surface area contributed by atoms with Gasteiger partial charge in [-0.25, -0.2) is 9.40 Å². The van der Waals surface area contributed by atoms with E-state index in [4.69, 9.17) is 14.6 Å². The number of fused-ring (bicyclic) bond motifs is 3. The van der Waals surface area contributed by atoms with Crippen molar-refractivity contribution in [2.75, 3.05) is 6.61 Å². The number of hydrogen-bond acceptors (Lipinski definition) is 4. The molecule has 3 aromatic rings. The minimum absolute atomic E-state index is 0.0553. The van der Waals surface area contributed by atoms with Crippen LogP contribution in [-0.4, -0.2) is 17.3 Å². The molecular weight excluding hydrogens is 367 g/mol. The Morgan fingerprint density at radius 1 is 1.00 bits per heavy atom. The lowest BCUT2D eigenvalue weighted by molar-refractivity contribution is -0.0205. The summed E-state index contributed by atoms with van der Waals surface area (Å²) in [6.45, 7) is 2.55. The fraction of sp³-hybridized carbons (Fsp3) is 0.208. The van der Waals surface area contributed by atoms with Crippen LogP contribution in [0.25, 0.3) is 0 Å². The molecule has 0 aromatic heterocycles. The number of hydrazone groups is 1. The van der Waals surface area contributed by atoms with E-state index >= 15 is 0 Å². The van der Waals surface area contributed by atoms with Crippen LogP contribution in [0.15, 0.2) is 77.9 Å². The molecule has 0 saturated carbocycles. The highest BCUT2D eigenvalue weighted by Gasteiger charge is 2.41. The lowest BCUT2D eigenvalue weighted by Gasteiger charge is -2.38. The maximum absolute atomic E-state index is 13.4. The number of ether oxygens (including phenoxy) is 2. The summed E-state index contributed by atoms with van der Waals surface area (Å²) < 4.78 is 25.6. The molecule has 2 aliphatic rings. The van der Waals surface area contributed by atoms with Crippen LogP contribution in [0.4, 0.5) is 4.39 Å². The SMILES string of the molecule is CCOc1ccccc1[C@H]1Oc2ccccc2[C@H]2CC(c3ccc(F)cc3)=NN21. The predicted octanol–water partition coefficient (Wildman–Crippen LogP) is 5.47. The van der Waals surface area contributed by atoms with Crippen LogP contribution in [0.3, 0.4) is 0 Å². The van der Waals surface area contributed by atoms with Gasteiger partial charge in [-0.3, -0.25) is 0 Å². The fourth-order valence-electron chi connectivity index (χ4n) is 4.03. The lowest BCUT2D eigenvalue weighted by atomic mass is 9.96. The first kappa shape index (κ1) is 17.7. The predicted molar refractivity (Wildman–Crippen MR) is 110 cm³/mol. The number of para-hydroxylation sites is 2. The van der Waals surface area contributed by atoms with Gasteiger partial charge in [0.2, 0.25) is 6.23 Å². The van der Waals surface area contributed by atoms with Crippen LogP contribution in [-0.2, 0) is 0 Å². The summed E-state index contributed by atoms with van der Waals surface area (Å²) >= 11 is 0. The minimum Gasteiger partial charge on any atom is -0.493 e. The Hall–Kier alpha value is -3.34. The third-order valence-electron chi connectivity index (χ3n) is 5.36. The van der Waals surface area contributed by atoms with Gasteiger partial charge in [-0.15, -0.1) is 0 Å². The standard InChI is InChI=1S/C24H21FN2O2/c1-2-28-22-9-5-4-8-19(22)24-27-21(18-7-3-6-10-23(18)29-24)15-20(26-27)16-11-13-17(25)14-12-16/h3-14,21,24H,2,15H2,1H3/t21-,24-/m1/s1. The molecule has 5 heteroatoms. The molecule has 2 heterocycles. The van der Waals surface area contributed by atoms with Crippen LogP contribution in [0, 0.1) is 5.82 Å². The van der Waals surface area contributed by atoms with E-state index in [2.05, 4.69) is 6.07 Å². The molecule has 29 heavy (non-hydrogen) atoms. The Balaban J connectivity index is 1.60. The molecule has 2 aliphatic heterocycles. The second-order valence-corrected chi connectivity index (χ2v) is 7.13. The molecule has 2 atom stereocenters. The van der Waals surface area contributed by atoms with E-state index in [0.29, 0.717) is 6.61 Å². The summed E-state index contributed by atoms with van der Waals surface area (Å²) in [5, 5.41) is 6.93. The number of rotatable bonds is 4. The summed E-state index contributed by atoms with van der Waals surface area (Å²) in [5.74, 6) is 1.41. The van der Waals surface area contributed by atoms with Crippen LogP contribution < -0.4 is 9.47 Å². The Morgan fingerprint density at radius 3 is 2.52 bits per heavy atom. The monoisotopic (exact) mass is 388 g/mol. The summed E-state index contributed by atoms with van der Waals surface area (Å²) in [5.41, 5.74) is 3.90. The van der Waals surface area contributed by atoms with Gasteiger partial charge in [0.25, 0.3) is 0 Å². The molecule has 0 N–H and O–H groups in total. The average molecular weight is 388 g/mol. The van der Waals surface area contributed by atoms with E-state index in [0.717, 1.165) is 40.3 Å². The molecule has 0 spiro atoms. The molecule has 0 fully saturated rings. The van der Waals surface area contributed by atoms with E-state index < -0.39 is 6.23 Å². The number of nitrogens with zero attached hydrogens (tertiary/aromatic N) is 2. The number of halogens is 1. The first-order valence-electron chi connectivity index (χ1n) is 9.83. The Morgan fingerprint density at radius 2 is 1.72 bits per heavy atom. The van der Waals surface area contributed by atoms with Crippen LogP contribution >= 0.6 is 0 Å². The highest BCUT2D eigenvalue weighted by atomic mass is 19.1. The quantitative estimate of drug-likeness (QED) is 0.595. The lowest BCUT2D eigenvalue weighted by Crippen LogP contribution is -2.34. The van der Waals surface area contributed by atoms with Crippen molar-refractivity contribution < 1.29 is 13.9 Å². The molecule has 0 bridgehead atoms. The van der Waals surface area contributed by atoms with Gasteiger partial charge < -0.3 is 9.47 Å². The molecule has 4 nitrogen and oxygen atoms in total. The van der Waals surface area contributed by atoms with Gasteiger partial charge >= 0.3 is 0 Å². The maximum atomic E-state index is 13.4. The molecule has 0 saturated heterocycles. The van der Waals surface area contributed by atoms with Gasteiger partial charge in [0, 0.05) is 12.0 Å². The van der Waals surface area contributed by atoms with E-state index in [-0.39, 0.29) is 11.9 Å².